The van der Waals surface area contributed by atoms with Gasteiger partial charge in [-0.05, 0) is 128 Å². The Bertz CT molecular complexity index is 1640. The van der Waals surface area contributed by atoms with E-state index in [9.17, 15) is 14.4 Å². The van der Waals surface area contributed by atoms with E-state index in [2.05, 4.69) is 161 Å². The molecule has 0 aliphatic heterocycles. The summed E-state index contributed by atoms with van der Waals surface area (Å²) in [6.07, 6.45) is 87.0. The van der Waals surface area contributed by atoms with Crippen molar-refractivity contribution in [3.05, 3.63) is 146 Å². The summed E-state index contributed by atoms with van der Waals surface area (Å²) >= 11 is 0. The highest BCUT2D eigenvalue weighted by Crippen LogP contribution is 2.14. The fraction of sp³-hybridized carbons (Fsp3) is 0.603. The van der Waals surface area contributed by atoms with Gasteiger partial charge in [0.15, 0.2) is 6.10 Å². The molecule has 0 aliphatic rings. The highest BCUT2D eigenvalue weighted by Gasteiger charge is 2.19. The molecule has 0 saturated heterocycles. The topological polar surface area (TPSA) is 78.9 Å². The van der Waals surface area contributed by atoms with Crippen LogP contribution in [0.1, 0.15) is 245 Å². The zero-order valence-electron chi connectivity index (χ0n) is 47.5. The molecule has 0 radical (unpaired) electrons. The maximum absolute atomic E-state index is 12.9. The van der Waals surface area contributed by atoms with E-state index in [0.717, 1.165) is 128 Å². The van der Waals surface area contributed by atoms with E-state index in [1.165, 1.54) is 70.6 Å². The first kappa shape index (κ1) is 69.3. The van der Waals surface area contributed by atoms with Crippen molar-refractivity contribution in [1.29, 1.82) is 0 Å². The third-order valence-electron chi connectivity index (χ3n) is 12.1. The predicted octanol–water partition coefficient (Wildman–Crippen LogP) is 20.4. The molecule has 0 aromatic carbocycles. The van der Waals surface area contributed by atoms with Crippen LogP contribution in [0.4, 0.5) is 0 Å². The SMILES string of the molecule is CC/C=C\C/C=C\C/C=C\C/C=C\C/C=C\C/C=C\CCC(=O)OCC(COC(=O)CCCCCCCCC/C=C\C/C=C\CCCCCC)OC(=O)CCCCCCCC/C=C\C/C=C\C/C=C\C/C=C\CC. The Kier molecular flexibility index (Phi) is 57.0. The molecule has 0 amide bonds. The first-order valence-corrected chi connectivity index (χ1v) is 29.8. The summed E-state index contributed by atoms with van der Waals surface area (Å²) in [4.78, 5) is 38.2. The summed E-state index contributed by atoms with van der Waals surface area (Å²) in [5.41, 5.74) is 0. The zero-order chi connectivity index (χ0) is 53.6. The average molecular weight is 1020 g/mol. The molecule has 0 aromatic rings. The molecule has 0 bridgehead atoms. The van der Waals surface area contributed by atoms with Crippen LogP contribution < -0.4 is 0 Å². The van der Waals surface area contributed by atoms with Crippen LogP contribution in [0, 0.1) is 0 Å². The lowest BCUT2D eigenvalue weighted by Crippen LogP contribution is -2.30. The second-order valence-corrected chi connectivity index (χ2v) is 19.1. The van der Waals surface area contributed by atoms with Gasteiger partial charge in [-0.3, -0.25) is 14.4 Å². The summed E-state index contributed by atoms with van der Waals surface area (Å²) in [6, 6.07) is 0. The van der Waals surface area contributed by atoms with Crippen molar-refractivity contribution in [2.24, 2.45) is 0 Å². The lowest BCUT2D eigenvalue weighted by Gasteiger charge is -2.18. The van der Waals surface area contributed by atoms with E-state index in [-0.39, 0.29) is 44.0 Å². The average Bonchev–Trinajstić information content (AvgIpc) is 3.40. The molecule has 0 heterocycles. The van der Waals surface area contributed by atoms with Gasteiger partial charge in [0.1, 0.15) is 13.2 Å². The van der Waals surface area contributed by atoms with E-state index in [1.807, 2.05) is 6.08 Å². The van der Waals surface area contributed by atoms with Crippen LogP contribution in [0.25, 0.3) is 0 Å². The Morgan fingerprint density at radius 1 is 0.284 bits per heavy atom. The molecular weight excluding hydrogens is 913 g/mol. The molecule has 0 aromatic heterocycles. The van der Waals surface area contributed by atoms with Crippen LogP contribution in [0.15, 0.2) is 146 Å². The van der Waals surface area contributed by atoms with Gasteiger partial charge in [-0.25, -0.2) is 0 Å². The van der Waals surface area contributed by atoms with Crippen molar-refractivity contribution in [3.63, 3.8) is 0 Å². The lowest BCUT2D eigenvalue weighted by atomic mass is 10.1. The van der Waals surface area contributed by atoms with Crippen LogP contribution in [0.5, 0.6) is 0 Å². The van der Waals surface area contributed by atoms with Gasteiger partial charge in [0.25, 0.3) is 0 Å². The van der Waals surface area contributed by atoms with Gasteiger partial charge >= 0.3 is 17.9 Å². The van der Waals surface area contributed by atoms with Crippen LogP contribution >= 0.6 is 0 Å². The summed E-state index contributed by atoms with van der Waals surface area (Å²) in [5.74, 6) is -1.03. The quantitative estimate of drug-likeness (QED) is 0.0261. The van der Waals surface area contributed by atoms with E-state index >= 15 is 0 Å². The molecular formula is C68H108O6. The molecule has 0 N–H and O–H groups in total. The largest absolute Gasteiger partial charge is 0.462 e. The maximum atomic E-state index is 12.9. The highest BCUT2D eigenvalue weighted by molar-refractivity contribution is 5.71. The minimum atomic E-state index is -0.828. The van der Waals surface area contributed by atoms with E-state index in [1.54, 1.807) is 0 Å². The summed E-state index contributed by atoms with van der Waals surface area (Å²) in [6.45, 7) is 6.31. The Hall–Kier alpha value is -4.71. The second kappa shape index (κ2) is 60.8. The van der Waals surface area contributed by atoms with Crippen molar-refractivity contribution in [3.8, 4) is 0 Å². The number of esters is 3. The standard InChI is InChI=1S/C68H108O6/c1-4-7-10-13-16-19-22-25-28-31-34-37-40-43-46-49-52-55-58-61-67(70)73-64-65(63-72-66(69)60-57-54-51-48-45-42-39-36-33-30-27-24-21-18-15-12-9-6-3)74-68(71)62-59-56-53-50-47-44-41-38-35-32-29-26-23-20-17-14-11-8-5-2/h7-8,10-11,16-17,19-21,24-26,28-30,33-35,37-38,43,46,52,55,65H,4-6,9,12-15,18,22-23,27,31-32,36,39-42,44-45,47-51,53-54,56-64H2,1-3H3/b10-7-,11-8-,19-16-,20-17-,24-21-,28-25-,29-26-,33-30-,37-34-,38-35-,46-43-,55-52-. The molecule has 0 saturated carbocycles. The fourth-order valence-corrected chi connectivity index (χ4v) is 7.67. The van der Waals surface area contributed by atoms with Crippen LogP contribution in [-0.2, 0) is 28.6 Å². The summed E-state index contributed by atoms with van der Waals surface area (Å²) < 4.78 is 16.8. The van der Waals surface area contributed by atoms with Crippen LogP contribution in [-0.4, -0.2) is 37.2 Å². The van der Waals surface area contributed by atoms with E-state index < -0.39 is 6.10 Å². The van der Waals surface area contributed by atoms with Gasteiger partial charge < -0.3 is 14.2 Å². The number of hydrogen-bond acceptors (Lipinski definition) is 6. The zero-order valence-corrected chi connectivity index (χ0v) is 47.5. The summed E-state index contributed by atoms with van der Waals surface area (Å²) in [5, 5.41) is 0. The molecule has 416 valence electrons. The second-order valence-electron chi connectivity index (χ2n) is 19.1. The first-order chi connectivity index (χ1) is 36.5. The minimum absolute atomic E-state index is 0.117. The molecule has 1 unspecified atom stereocenters. The van der Waals surface area contributed by atoms with E-state index in [0.29, 0.717) is 12.8 Å². The first-order valence-electron chi connectivity index (χ1n) is 29.8. The van der Waals surface area contributed by atoms with Crippen molar-refractivity contribution < 1.29 is 28.6 Å². The Labute approximate surface area is 455 Å². The van der Waals surface area contributed by atoms with Gasteiger partial charge in [0, 0.05) is 19.3 Å². The third-order valence-corrected chi connectivity index (χ3v) is 12.1. The van der Waals surface area contributed by atoms with Gasteiger partial charge in [-0.2, -0.15) is 0 Å². The van der Waals surface area contributed by atoms with Crippen LogP contribution in [0.3, 0.4) is 0 Å². The van der Waals surface area contributed by atoms with Crippen molar-refractivity contribution in [1.82, 2.24) is 0 Å². The van der Waals surface area contributed by atoms with Crippen LogP contribution in [0.2, 0.25) is 0 Å². The number of ether oxygens (including phenoxy) is 3. The molecule has 0 aliphatic carbocycles. The third kappa shape index (κ3) is 58.2. The highest BCUT2D eigenvalue weighted by atomic mass is 16.6. The molecule has 0 rings (SSSR count). The number of carbonyl (C=O) groups is 3. The monoisotopic (exact) mass is 1020 g/mol. The molecule has 6 heteroatoms. The molecule has 0 fully saturated rings. The fourth-order valence-electron chi connectivity index (χ4n) is 7.67. The molecule has 74 heavy (non-hydrogen) atoms. The van der Waals surface area contributed by atoms with E-state index in [4.69, 9.17) is 14.2 Å². The predicted molar refractivity (Wildman–Crippen MR) is 320 cm³/mol. The lowest BCUT2D eigenvalue weighted by molar-refractivity contribution is -0.166. The van der Waals surface area contributed by atoms with Crippen molar-refractivity contribution in [2.45, 2.75) is 252 Å². The summed E-state index contributed by atoms with van der Waals surface area (Å²) in [7, 11) is 0. The van der Waals surface area contributed by atoms with Gasteiger partial charge in [0.05, 0.1) is 0 Å². The number of unbranched alkanes of at least 4 members (excludes halogenated alkanes) is 17. The smallest absolute Gasteiger partial charge is 0.306 e. The molecule has 6 nitrogen and oxygen atoms in total. The van der Waals surface area contributed by atoms with Gasteiger partial charge in [0.2, 0.25) is 0 Å². The maximum Gasteiger partial charge on any atom is 0.306 e. The minimum Gasteiger partial charge on any atom is -0.462 e. The van der Waals surface area contributed by atoms with Crippen molar-refractivity contribution >= 4 is 17.9 Å². The number of hydrogen-bond donors (Lipinski definition) is 0. The molecule has 1 atom stereocenters. The van der Waals surface area contributed by atoms with Crippen molar-refractivity contribution in [2.75, 3.05) is 13.2 Å². The Morgan fingerprint density at radius 3 is 0.905 bits per heavy atom. The number of rotatable bonds is 52. The van der Waals surface area contributed by atoms with Gasteiger partial charge in [-0.1, -0.05) is 244 Å². The normalized spacial score (nSPS) is 13.2. The Balaban J connectivity index is 4.57. The number of allylic oxidation sites excluding steroid dienone is 24. The Morgan fingerprint density at radius 2 is 0.554 bits per heavy atom. The van der Waals surface area contributed by atoms with Gasteiger partial charge in [-0.15, -0.1) is 0 Å². The molecule has 0 spiro atoms. The number of carbonyl (C=O) groups excluding carboxylic acids is 3.